The maximum Gasteiger partial charge on any atom is 0.323 e. The summed E-state index contributed by atoms with van der Waals surface area (Å²) < 4.78 is 9.90. The number of hydrogen-bond acceptors (Lipinski definition) is 4. The largest absolute Gasteiger partial charge is 0.497 e. The number of nitrogens with one attached hydrogen (secondary N) is 1. The maximum absolute atomic E-state index is 10.9. The Labute approximate surface area is 107 Å². The maximum atomic E-state index is 10.9. The van der Waals surface area contributed by atoms with E-state index < -0.39 is 12.0 Å². The van der Waals surface area contributed by atoms with Crippen LogP contribution in [0.3, 0.4) is 0 Å². The van der Waals surface area contributed by atoms with E-state index in [1.54, 1.807) is 7.11 Å². The van der Waals surface area contributed by atoms with Gasteiger partial charge in [-0.05, 0) is 24.1 Å². The molecule has 1 rings (SSSR count). The minimum atomic E-state index is -0.897. The van der Waals surface area contributed by atoms with Crippen LogP contribution in [0.4, 0.5) is 0 Å². The highest BCUT2D eigenvalue weighted by atomic mass is 16.5. The lowest BCUT2D eigenvalue weighted by Crippen LogP contribution is -2.41. The first-order chi connectivity index (χ1) is 8.67. The molecule has 0 amide bonds. The smallest absolute Gasteiger partial charge is 0.323 e. The Morgan fingerprint density at radius 2 is 2.00 bits per heavy atom. The number of methoxy groups -OCH3 is 2. The van der Waals surface area contributed by atoms with Crippen LogP contribution in [0.1, 0.15) is 5.56 Å². The van der Waals surface area contributed by atoms with Gasteiger partial charge >= 0.3 is 5.97 Å². The fourth-order valence-corrected chi connectivity index (χ4v) is 1.57. The molecule has 0 radical (unpaired) electrons. The summed E-state index contributed by atoms with van der Waals surface area (Å²) in [6, 6.07) is 7.05. The van der Waals surface area contributed by atoms with E-state index in [9.17, 15) is 4.79 Å². The summed E-state index contributed by atoms with van der Waals surface area (Å²) in [6.07, 6.45) is 0.761. The van der Waals surface area contributed by atoms with E-state index >= 15 is 0 Å². The normalized spacial score (nSPS) is 12.1. The molecule has 1 atom stereocenters. The van der Waals surface area contributed by atoms with Crippen molar-refractivity contribution >= 4 is 5.97 Å². The van der Waals surface area contributed by atoms with Gasteiger partial charge in [0, 0.05) is 13.7 Å². The zero-order valence-corrected chi connectivity index (χ0v) is 10.7. The van der Waals surface area contributed by atoms with Crippen molar-refractivity contribution in [3.8, 4) is 5.75 Å². The molecular formula is C13H19NO4. The molecule has 0 spiro atoms. The Morgan fingerprint density at radius 3 is 2.50 bits per heavy atom. The molecule has 1 unspecified atom stereocenters. The van der Waals surface area contributed by atoms with Gasteiger partial charge in [-0.3, -0.25) is 4.79 Å². The standard InChI is InChI=1S/C13H19NO4/c1-17-9-12(13(15)16)14-8-7-10-3-5-11(18-2)6-4-10/h3-6,12,14H,7-9H2,1-2H3,(H,15,16). The van der Waals surface area contributed by atoms with E-state index in [2.05, 4.69) is 5.32 Å². The van der Waals surface area contributed by atoms with E-state index in [0.717, 1.165) is 17.7 Å². The lowest BCUT2D eigenvalue weighted by molar-refractivity contribution is -0.140. The van der Waals surface area contributed by atoms with Gasteiger partial charge in [0.2, 0.25) is 0 Å². The second-order valence-corrected chi connectivity index (χ2v) is 3.90. The number of hydrogen-bond donors (Lipinski definition) is 2. The van der Waals surface area contributed by atoms with Gasteiger partial charge in [0.1, 0.15) is 11.8 Å². The van der Waals surface area contributed by atoms with E-state index in [0.29, 0.717) is 6.54 Å². The highest BCUT2D eigenvalue weighted by Crippen LogP contribution is 2.11. The third-order valence-corrected chi connectivity index (χ3v) is 2.59. The Morgan fingerprint density at radius 1 is 1.33 bits per heavy atom. The third-order valence-electron chi connectivity index (χ3n) is 2.59. The first-order valence-electron chi connectivity index (χ1n) is 5.75. The molecule has 0 aliphatic rings. The number of carboxylic acids is 1. The Bertz CT molecular complexity index is 364. The number of aliphatic carboxylic acids is 1. The fraction of sp³-hybridized carbons (Fsp3) is 0.462. The van der Waals surface area contributed by atoms with Gasteiger partial charge in [0.05, 0.1) is 13.7 Å². The van der Waals surface area contributed by atoms with Crippen LogP contribution in [-0.4, -0.2) is 44.5 Å². The average molecular weight is 253 g/mol. The minimum absolute atomic E-state index is 0.165. The van der Waals surface area contributed by atoms with Crippen LogP contribution < -0.4 is 10.1 Å². The SMILES string of the molecule is COCC(NCCc1ccc(OC)cc1)C(=O)O. The van der Waals surface area contributed by atoms with Crippen LogP contribution in [-0.2, 0) is 16.0 Å². The van der Waals surface area contributed by atoms with Crippen LogP contribution in [0.2, 0.25) is 0 Å². The first-order valence-corrected chi connectivity index (χ1v) is 5.75. The Balaban J connectivity index is 2.37. The molecular weight excluding hydrogens is 234 g/mol. The molecule has 0 aliphatic carbocycles. The summed E-state index contributed by atoms with van der Waals surface area (Å²) >= 11 is 0. The number of benzene rings is 1. The quantitative estimate of drug-likeness (QED) is 0.721. The summed E-state index contributed by atoms with van der Waals surface area (Å²) in [4.78, 5) is 10.9. The van der Waals surface area contributed by atoms with Crippen molar-refractivity contribution in [2.45, 2.75) is 12.5 Å². The topological polar surface area (TPSA) is 67.8 Å². The van der Waals surface area contributed by atoms with E-state index in [1.165, 1.54) is 7.11 Å². The molecule has 0 fully saturated rings. The van der Waals surface area contributed by atoms with Crippen molar-refractivity contribution in [2.75, 3.05) is 27.4 Å². The molecule has 5 nitrogen and oxygen atoms in total. The number of rotatable bonds is 8. The predicted octanol–water partition coefficient (Wildman–Crippen LogP) is 0.927. The number of carbonyl (C=O) groups is 1. The molecule has 0 saturated heterocycles. The Hall–Kier alpha value is -1.59. The summed E-state index contributed by atoms with van der Waals surface area (Å²) in [5.41, 5.74) is 1.13. The molecule has 0 bridgehead atoms. The highest BCUT2D eigenvalue weighted by Gasteiger charge is 2.15. The van der Waals surface area contributed by atoms with Crippen molar-refractivity contribution < 1.29 is 19.4 Å². The molecule has 0 aromatic heterocycles. The molecule has 2 N–H and O–H groups in total. The average Bonchev–Trinajstić information content (AvgIpc) is 2.38. The molecule has 1 aromatic carbocycles. The zero-order chi connectivity index (χ0) is 13.4. The monoisotopic (exact) mass is 253 g/mol. The van der Waals surface area contributed by atoms with Gasteiger partial charge in [-0.1, -0.05) is 12.1 Å². The van der Waals surface area contributed by atoms with Crippen LogP contribution in [0.15, 0.2) is 24.3 Å². The van der Waals surface area contributed by atoms with Crippen molar-refractivity contribution in [3.63, 3.8) is 0 Å². The summed E-state index contributed by atoms with van der Waals surface area (Å²) in [5, 5.41) is 11.9. The van der Waals surface area contributed by atoms with Gasteiger partial charge in [-0.2, -0.15) is 0 Å². The molecule has 5 heteroatoms. The lowest BCUT2D eigenvalue weighted by atomic mass is 10.1. The zero-order valence-electron chi connectivity index (χ0n) is 10.7. The molecule has 0 saturated carbocycles. The van der Waals surface area contributed by atoms with Crippen molar-refractivity contribution in [1.29, 1.82) is 0 Å². The summed E-state index contributed by atoms with van der Waals surface area (Å²) in [5.74, 6) is -0.0823. The first kappa shape index (κ1) is 14.5. The molecule has 0 heterocycles. The fourth-order valence-electron chi connectivity index (χ4n) is 1.57. The molecule has 100 valence electrons. The van der Waals surface area contributed by atoms with Gasteiger partial charge in [0.25, 0.3) is 0 Å². The van der Waals surface area contributed by atoms with Crippen LogP contribution in [0.25, 0.3) is 0 Å². The van der Waals surface area contributed by atoms with E-state index in [-0.39, 0.29) is 6.61 Å². The highest BCUT2D eigenvalue weighted by molar-refractivity contribution is 5.73. The minimum Gasteiger partial charge on any atom is -0.497 e. The van der Waals surface area contributed by atoms with Crippen molar-refractivity contribution in [2.24, 2.45) is 0 Å². The van der Waals surface area contributed by atoms with Gasteiger partial charge in [-0.15, -0.1) is 0 Å². The molecule has 1 aromatic rings. The van der Waals surface area contributed by atoms with Crippen LogP contribution >= 0.6 is 0 Å². The van der Waals surface area contributed by atoms with Crippen molar-refractivity contribution in [1.82, 2.24) is 5.32 Å². The third kappa shape index (κ3) is 4.73. The lowest BCUT2D eigenvalue weighted by Gasteiger charge is -2.13. The summed E-state index contributed by atoms with van der Waals surface area (Å²) in [7, 11) is 3.11. The Kier molecular flexibility index (Phi) is 6.18. The molecule has 0 aliphatic heterocycles. The number of carboxylic acid groups (broad SMARTS) is 1. The van der Waals surface area contributed by atoms with Crippen LogP contribution in [0, 0.1) is 0 Å². The second-order valence-electron chi connectivity index (χ2n) is 3.90. The second kappa shape index (κ2) is 7.68. The molecule has 18 heavy (non-hydrogen) atoms. The van der Waals surface area contributed by atoms with Crippen LogP contribution in [0.5, 0.6) is 5.75 Å². The van der Waals surface area contributed by atoms with Gasteiger partial charge in [-0.25, -0.2) is 0 Å². The van der Waals surface area contributed by atoms with E-state index in [1.807, 2.05) is 24.3 Å². The van der Waals surface area contributed by atoms with Gasteiger partial charge < -0.3 is 19.9 Å². The summed E-state index contributed by atoms with van der Waals surface area (Å²) in [6.45, 7) is 0.755. The van der Waals surface area contributed by atoms with Gasteiger partial charge in [0.15, 0.2) is 0 Å². The predicted molar refractivity (Wildman–Crippen MR) is 68.0 cm³/mol. The van der Waals surface area contributed by atoms with Crippen molar-refractivity contribution in [3.05, 3.63) is 29.8 Å². The number of ether oxygens (including phenoxy) is 2. The van der Waals surface area contributed by atoms with E-state index in [4.69, 9.17) is 14.6 Å².